The summed E-state index contributed by atoms with van der Waals surface area (Å²) in [6, 6.07) is 0.231. The van der Waals surface area contributed by atoms with Crippen molar-refractivity contribution in [2.45, 2.75) is 39.8 Å². The van der Waals surface area contributed by atoms with Gasteiger partial charge in [-0.05, 0) is 19.5 Å². The molecule has 0 amide bonds. The maximum Gasteiger partial charge on any atom is 0.192 e. The van der Waals surface area contributed by atoms with E-state index in [-0.39, 0.29) is 6.04 Å². The molecule has 21 heavy (non-hydrogen) atoms. The number of aromatic nitrogens is 2. The van der Waals surface area contributed by atoms with E-state index in [4.69, 9.17) is 5.73 Å². The lowest BCUT2D eigenvalue weighted by Gasteiger charge is -2.29. The van der Waals surface area contributed by atoms with Crippen molar-refractivity contribution >= 4 is 5.96 Å². The molecule has 1 aliphatic rings. The smallest absolute Gasteiger partial charge is 0.192 e. The van der Waals surface area contributed by atoms with Crippen molar-refractivity contribution in [2.75, 3.05) is 32.7 Å². The number of imidazole rings is 1. The first kappa shape index (κ1) is 15.8. The van der Waals surface area contributed by atoms with Crippen LogP contribution < -0.4 is 5.73 Å². The third kappa shape index (κ3) is 3.56. The summed E-state index contributed by atoms with van der Waals surface area (Å²) in [6.07, 6.45) is 4.97. The third-order valence-electron chi connectivity index (χ3n) is 4.20. The van der Waals surface area contributed by atoms with Crippen LogP contribution in [0.2, 0.25) is 0 Å². The minimum Gasteiger partial charge on any atom is -0.370 e. The Morgan fingerprint density at radius 1 is 1.29 bits per heavy atom. The molecule has 0 fully saturated rings. The van der Waals surface area contributed by atoms with Crippen LogP contribution in [-0.2, 0) is 6.54 Å². The quantitative estimate of drug-likeness (QED) is 0.784. The van der Waals surface area contributed by atoms with E-state index in [0.717, 1.165) is 45.7 Å². The fourth-order valence-corrected chi connectivity index (χ4v) is 2.88. The second kappa shape index (κ2) is 7.45. The highest BCUT2D eigenvalue weighted by atomic mass is 15.3. The molecule has 0 spiro atoms. The van der Waals surface area contributed by atoms with Crippen LogP contribution in [0.25, 0.3) is 0 Å². The highest BCUT2D eigenvalue weighted by Crippen LogP contribution is 2.25. The van der Waals surface area contributed by atoms with Gasteiger partial charge in [-0.1, -0.05) is 20.8 Å². The van der Waals surface area contributed by atoms with Gasteiger partial charge in [-0.3, -0.25) is 4.99 Å². The van der Waals surface area contributed by atoms with Gasteiger partial charge in [0.15, 0.2) is 5.96 Å². The molecular formula is C15H28N6. The van der Waals surface area contributed by atoms with Crippen molar-refractivity contribution in [3.63, 3.8) is 0 Å². The number of aryl methyl sites for hydroxylation is 1. The number of nitrogens with two attached hydrogens (primary N) is 1. The average molecular weight is 292 g/mol. The van der Waals surface area contributed by atoms with Gasteiger partial charge in [0.05, 0.1) is 30.8 Å². The molecule has 1 atom stereocenters. The Labute approximate surface area is 127 Å². The summed E-state index contributed by atoms with van der Waals surface area (Å²) < 4.78 is 2.23. The highest BCUT2D eigenvalue weighted by Gasteiger charge is 2.29. The van der Waals surface area contributed by atoms with Crippen LogP contribution in [0.1, 0.15) is 38.9 Å². The van der Waals surface area contributed by atoms with E-state index >= 15 is 0 Å². The van der Waals surface area contributed by atoms with E-state index in [1.54, 1.807) is 0 Å². The summed E-state index contributed by atoms with van der Waals surface area (Å²) in [7, 11) is 0. The Kier molecular flexibility index (Phi) is 5.61. The molecular weight excluding hydrogens is 264 g/mol. The SMILES string of the molecule is CCCn1cncc1C1CN=C(N)N1CCN(CC)CC. The minimum absolute atomic E-state index is 0.231. The molecule has 6 nitrogen and oxygen atoms in total. The Morgan fingerprint density at radius 3 is 2.71 bits per heavy atom. The molecule has 2 N–H and O–H groups in total. The van der Waals surface area contributed by atoms with Crippen LogP contribution >= 0.6 is 0 Å². The van der Waals surface area contributed by atoms with Crippen molar-refractivity contribution in [1.29, 1.82) is 0 Å². The highest BCUT2D eigenvalue weighted by molar-refractivity contribution is 5.80. The van der Waals surface area contributed by atoms with Gasteiger partial charge in [-0.25, -0.2) is 4.98 Å². The third-order valence-corrected chi connectivity index (χ3v) is 4.20. The van der Waals surface area contributed by atoms with Crippen molar-refractivity contribution < 1.29 is 0 Å². The summed E-state index contributed by atoms with van der Waals surface area (Å²) in [5, 5.41) is 0. The monoisotopic (exact) mass is 292 g/mol. The fraction of sp³-hybridized carbons (Fsp3) is 0.733. The molecule has 1 aromatic heterocycles. The van der Waals surface area contributed by atoms with E-state index < -0.39 is 0 Å². The Balaban J connectivity index is 2.06. The predicted molar refractivity (Wildman–Crippen MR) is 86.2 cm³/mol. The zero-order chi connectivity index (χ0) is 15.2. The number of likely N-dealkylation sites (N-methyl/N-ethyl adjacent to an activating group) is 1. The van der Waals surface area contributed by atoms with Gasteiger partial charge >= 0.3 is 0 Å². The Morgan fingerprint density at radius 2 is 2.05 bits per heavy atom. The maximum absolute atomic E-state index is 6.10. The summed E-state index contributed by atoms with van der Waals surface area (Å²) in [5.41, 5.74) is 7.32. The first-order chi connectivity index (χ1) is 10.2. The number of rotatable bonds is 8. The lowest BCUT2D eigenvalue weighted by molar-refractivity contribution is 0.244. The minimum atomic E-state index is 0.231. The Bertz CT molecular complexity index is 462. The first-order valence-electron chi connectivity index (χ1n) is 8.00. The molecule has 0 saturated heterocycles. The van der Waals surface area contributed by atoms with Crippen molar-refractivity contribution in [3.05, 3.63) is 18.2 Å². The molecule has 0 aromatic carbocycles. The number of hydrogen-bond acceptors (Lipinski definition) is 5. The second-order valence-electron chi connectivity index (χ2n) is 5.45. The first-order valence-corrected chi connectivity index (χ1v) is 8.00. The van der Waals surface area contributed by atoms with Crippen LogP contribution in [0, 0.1) is 0 Å². The van der Waals surface area contributed by atoms with Crippen LogP contribution in [0.4, 0.5) is 0 Å². The summed E-state index contributed by atoms with van der Waals surface area (Å²) >= 11 is 0. The van der Waals surface area contributed by atoms with E-state index in [2.05, 4.69) is 45.1 Å². The number of hydrogen-bond donors (Lipinski definition) is 1. The second-order valence-corrected chi connectivity index (χ2v) is 5.45. The van der Waals surface area contributed by atoms with Gasteiger partial charge in [0.2, 0.25) is 0 Å². The van der Waals surface area contributed by atoms with Crippen LogP contribution in [0.15, 0.2) is 17.5 Å². The van der Waals surface area contributed by atoms with Gasteiger partial charge < -0.3 is 20.1 Å². The Hall–Kier alpha value is -1.56. The van der Waals surface area contributed by atoms with Crippen molar-refractivity contribution in [2.24, 2.45) is 10.7 Å². The zero-order valence-corrected chi connectivity index (χ0v) is 13.5. The molecule has 0 bridgehead atoms. The topological polar surface area (TPSA) is 62.7 Å². The van der Waals surface area contributed by atoms with Crippen LogP contribution in [0.5, 0.6) is 0 Å². The normalized spacial score (nSPS) is 18.6. The standard InChI is InChI=1S/C15H28N6/c1-4-7-20-12-17-10-13(20)14-11-18-15(16)21(14)9-8-19(5-2)6-3/h10,12,14H,4-9,11H2,1-3H3,(H2,16,18). The number of aliphatic imine (C=N–C) groups is 1. The molecule has 1 unspecified atom stereocenters. The molecule has 1 aromatic rings. The van der Waals surface area contributed by atoms with Crippen molar-refractivity contribution in [1.82, 2.24) is 19.4 Å². The predicted octanol–water partition coefficient (Wildman–Crippen LogP) is 1.31. The molecule has 1 aliphatic heterocycles. The molecule has 0 saturated carbocycles. The fourth-order valence-electron chi connectivity index (χ4n) is 2.88. The van der Waals surface area contributed by atoms with Gasteiger partial charge in [0.25, 0.3) is 0 Å². The van der Waals surface area contributed by atoms with Gasteiger partial charge in [-0.2, -0.15) is 0 Å². The van der Waals surface area contributed by atoms with E-state index in [1.807, 2.05) is 12.5 Å². The number of nitrogens with zero attached hydrogens (tertiary/aromatic N) is 5. The van der Waals surface area contributed by atoms with Crippen LogP contribution in [-0.4, -0.2) is 58.0 Å². The molecule has 2 heterocycles. The molecule has 2 rings (SSSR count). The molecule has 0 aliphatic carbocycles. The molecule has 6 heteroatoms. The summed E-state index contributed by atoms with van der Waals surface area (Å²) in [6.45, 7) is 12.4. The van der Waals surface area contributed by atoms with E-state index in [0.29, 0.717) is 5.96 Å². The van der Waals surface area contributed by atoms with Gasteiger partial charge in [-0.15, -0.1) is 0 Å². The maximum atomic E-state index is 6.10. The van der Waals surface area contributed by atoms with Crippen molar-refractivity contribution in [3.8, 4) is 0 Å². The summed E-state index contributed by atoms with van der Waals surface area (Å²) in [5.74, 6) is 0.663. The van der Waals surface area contributed by atoms with Gasteiger partial charge in [0.1, 0.15) is 0 Å². The van der Waals surface area contributed by atoms with E-state index in [9.17, 15) is 0 Å². The van der Waals surface area contributed by atoms with Crippen LogP contribution in [0.3, 0.4) is 0 Å². The molecule has 118 valence electrons. The lowest BCUT2D eigenvalue weighted by Crippen LogP contribution is -2.42. The number of guanidine groups is 1. The largest absolute Gasteiger partial charge is 0.370 e. The lowest BCUT2D eigenvalue weighted by atomic mass is 10.2. The molecule has 0 radical (unpaired) electrons. The zero-order valence-electron chi connectivity index (χ0n) is 13.5. The average Bonchev–Trinajstić information content (AvgIpc) is 3.08. The van der Waals surface area contributed by atoms with Gasteiger partial charge in [0, 0.05) is 19.6 Å². The summed E-state index contributed by atoms with van der Waals surface area (Å²) in [4.78, 5) is 13.4. The van der Waals surface area contributed by atoms with E-state index in [1.165, 1.54) is 5.69 Å².